The fraction of sp³-hybridized carbons (Fsp3) is 0.588. The van der Waals surface area contributed by atoms with Gasteiger partial charge in [0, 0.05) is 17.5 Å². The lowest BCUT2D eigenvalue weighted by atomic mass is 9.95. The Morgan fingerprint density at radius 1 is 1.50 bits per heavy atom. The topological polar surface area (TPSA) is 50.4 Å². The smallest absolute Gasteiger partial charge is 0.220 e. The van der Waals surface area contributed by atoms with Crippen LogP contribution in [0.25, 0.3) is 0 Å². The van der Waals surface area contributed by atoms with Crippen molar-refractivity contribution < 1.29 is 9.53 Å². The Morgan fingerprint density at radius 2 is 2.32 bits per heavy atom. The molecule has 1 aliphatic heterocycles. The molecule has 0 saturated carbocycles. The van der Waals surface area contributed by atoms with Crippen LogP contribution >= 0.6 is 11.6 Å². The molecule has 22 heavy (non-hydrogen) atoms. The van der Waals surface area contributed by atoms with Gasteiger partial charge in [-0.25, -0.2) is 0 Å². The van der Waals surface area contributed by atoms with Gasteiger partial charge >= 0.3 is 0 Å². The first-order chi connectivity index (χ1) is 10.6. The number of hydrogen-bond acceptors (Lipinski definition) is 3. The molecule has 122 valence electrons. The SMILES string of the molecule is Cc1cc(OCCCC(=O)NC2CCNCC2C)ccc1Cl. The number of nitrogens with one attached hydrogen (secondary N) is 2. The molecular weight excluding hydrogens is 300 g/mol. The quantitative estimate of drug-likeness (QED) is 0.791. The summed E-state index contributed by atoms with van der Waals surface area (Å²) in [6.45, 7) is 6.61. The zero-order valence-electron chi connectivity index (χ0n) is 13.3. The van der Waals surface area contributed by atoms with E-state index in [0.717, 1.165) is 35.8 Å². The second-order valence-electron chi connectivity index (χ2n) is 6.01. The lowest BCUT2D eigenvalue weighted by molar-refractivity contribution is -0.122. The lowest BCUT2D eigenvalue weighted by Gasteiger charge is -2.30. The molecule has 1 fully saturated rings. The highest BCUT2D eigenvalue weighted by atomic mass is 35.5. The third-order valence-electron chi connectivity index (χ3n) is 4.08. The minimum Gasteiger partial charge on any atom is -0.494 e. The van der Waals surface area contributed by atoms with Gasteiger partial charge in [-0.15, -0.1) is 0 Å². The average molecular weight is 325 g/mol. The zero-order chi connectivity index (χ0) is 15.9. The minimum atomic E-state index is 0.120. The van der Waals surface area contributed by atoms with Crippen LogP contribution in [0.5, 0.6) is 5.75 Å². The molecule has 1 aromatic rings. The first-order valence-electron chi connectivity index (χ1n) is 7.95. The van der Waals surface area contributed by atoms with Crippen molar-refractivity contribution in [3.63, 3.8) is 0 Å². The van der Waals surface area contributed by atoms with Crippen molar-refractivity contribution in [2.45, 2.75) is 39.2 Å². The monoisotopic (exact) mass is 324 g/mol. The maximum atomic E-state index is 12.0. The molecule has 0 bridgehead atoms. The summed E-state index contributed by atoms with van der Waals surface area (Å²) in [4.78, 5) is 12.0. The predicted octanol–water partition coefficient (Wildman–Crippen LogP) is 2.92. The molecule has 2 N–H and O–H groups in total. The maximum Gasteiger partial charge on any atom is 0.220 e. The van der Waals surface area contributed by atoms with Crippen LogP contribution < -0.4 is 15.4 Å². The van der Waals surface area contributed by atoms with Gasteiger partial charge in [-0.2, -0.15) is 0 Å². The number of hydrogen-bond donors (Lipinski definition) is 2. The van der Waals surface area contributed by atoms with Crippen LogP contribution in [0.2, 0.25) is 5.02 Å². The van der Waals surface area contributed by atoms with E-state index in [-0.39, 0.29) is 5.91 Å². The number of piperidine rings is 1. The van der Waals surface area contributed by atoms with E-state index in [2.05, 4.69) is 17.6 Å². The van der Waals surface area contributed by atoms with Crippen LogP contribution in [0.3, 0.4) is 0 Å². The van der Waals surface area contributed by atoms with Crippen molar-refractivity contribution in [2.24, 2.45) is 5.92 Å². The molecule has 1 saturated heterocycles. The third kappa shape index (κ3) is 5.18. The first-order valence-corrected chi connectivity index (χ1v) is 8.33. The number of carbonyl (C=O) groups excluding carboxylic acids is 1. The first kappa shape index (κ1) is 17.1. The van der Waals surface area contributed by atoms with Gasteiger partial charge in [0.15, 0.2) is 0 Å². The van der Waals surface area contributed by atoms with Crippen molar-refractivity contribution in [3.8, 4) is 5.75 Å². The van der Waals surface area contributed by atoms with Crippen molar-refractivity contribution in [3.05, 3.63) is 28.8 Å². The van der Waals surface area contributed by atoms with E-state index >= 15 is 0 Å². The number of aryl methyl sites for hydroxylation is 1. The summed E-state index contributed by atoms with van der Waals surface area (Å²) in [5.74, 6) is 1.41. The van der Waals surface area contributed by atoms with Gasteiger partial charge < -0.3 is 15.4 Å². The fourth-order valence-electron chi connectivity index (χ4n) is 2.64. The van der Waals surface area contributed by atoms with Gasteiger partial charge in [0.25, 0.3) is 0 Å². The molecule has 2 rings (SSSR count). The van der Waals surface area contributed by atoms with E-state index in [9.17, 15) is 4.79 Å². The summed E-state index contributed by atoms with van der Waals surface area (Å²) < 4.78 is 5.65. The van der Waals surface area contributed by atoms with E-state index in [1.165, 1.54) is 0 Å². The molecule has 1 aliphatic rings. The Bertz CT molecular complexity index is 507. The zero-order valence-corrected chi connectivity index (χ0v) is 14.1. The molecular formula is C17H25ClN2O2. The molecule has 2 atom stereocenters. The third-order valence-corrected chi connectivity index (χ3v) is 4.50. The van der Waals surface area contributed by atoms with Crippen LogP contribution in [0.1, 0.15) is 31.7 Å². The fourth-order valence-corrected chi connectivity index (χ4v) is 2.75. The second kappa shape index (κ2) is 8.39. The van der Waals surface area contributed by atoms with Crippen LogP contribution in [0.4, 0.5) is 0 Å². The summed E-state index contributed by atoms with van der Waals surface area (Å²) in [5, 5.41) is 7.21. The highest BCUT2D eigenvalue weighted by molar-refractivity contribution is 6.31. The molecule has 0 radical (unpaired) electrons. The van der Waals surface area contributed by atoms with Crippen molar-refractivity contribution in [2.75, 3.05) is 19.7 Å². The Hall–Kier alpha value is -1.26. The largest absolute Gasteiger partial charge is 0.494 e. The summed E-state index contributed by atoms with van der Waals surface area (Å²) in [7, 11) is 0. The lowest BCUT2D eigenvalue weighted by Crippen LogP contribution is -2.48. The Labute approximate surface area is 137 Å². The van der Waals surface area contributed by atoms with Gasteiger partial charge in [0.1, 0.15) is 5.75 Å². The van der Waals surface area contributed by atoms with Crippen molar-refractivity contribution in [1.82, 2.24) is 10.6 Å². The molecule has 0 aliphatic carbocycles. The number of halogens is 1. The maximum absolute atomic E-state index is 12.0. The van der Waals surface area contributed by atoms with Gasteiger partial charge in [0.2, 0.25) is 5.91 Å². The number of benzene rings is 1. The van der Waals surface area contributed by atoms with E-state index < -0.39 is 0 Å². The van der Waals surface area contributed by atoms with Gasteiger partial charge in [-0.1, -0.05) is 18.5 Å². The van der Waals surface area contributed by atoms with E-state index in [1.54, 1.807) is 0 Å². The molecule has 4 nitrogen and oxygen atoms in total. The van der Waals surface area contributed by atoms with E-state index in [1.807, 2.05) is 25.1 Å². The van der Waals surface area contributed by atoms with Crippen molar-refractivity contribution in [1.29, 1.82) is 0 Å². The summed E-state index contributed by atoms with van der Waals surface area (Å²) in [6, 6.07) is 5.90. The normalized spacial score (nSPS) is 21.4. The molecule has 1 amide bonds. The highest BCUT2D eigenvalue weighted by Gasteiger charge is 2.22. The molecule has 1 heterocycles. The number of carbonyl (C=O) groups is 1. The summed E-state index contributed by atoms with van der Waals surface area (Å²) >= 11 is 5.97. The Kier molecular flexibility index (Phi) is 6.52. The van der Waals surface area contributed by atoms with Crippen molar-refractivity contribution >= 4 is 17.5 Å². The summed E-state index contributed by atoms with van der Waals surface area (Å²) in [5.41, 5.74) is 0.997. The summed E-state index contributed by atoms with van der Waals surface area (Å²) in [6.07, 6.45) is 2.23. The second-order valence-corrected chi connectivity index (χ2v) is 6.41. The molecule has 5 heteroatoms. The molecule has 1 aromatic carbocycles. The predicted molar refractivity (Wildman–Crippen MR) is 89.5 cm³/mol. The number of ether oxygens (including phenoxy) is 1. The number of rotatable bonds is 6. The van der Waals surface area contributed by atoms with Crippen LogP contribution in [0, 0.1) is 12.8 Å². The van der Waals surface area contributed by atoms with Crippen LogP contribution in [0.15, 0.2) is 18.2 Å². The number of amides is 1. The van der Waals surface area contributed by atoms with Gasteiger partial charge in [0.05, 0.1) is 6.61 Å². The van der Waals surface area contributed by atoms with E-state index in [0.29, 0.717) is 31.4 Å². The molecule has 0 spiro atoms. The van der Waals surface area contributed by atoms with Crippen LogP contribution in [-0.2, 0) is 4.79 Å². The average Bonchev–Trinajstić information content (AvgIpc) is 2.49. The minimum absolute atomic E-state index is 0.120. The van der Waals surface area contributed by atoms with E-state index in [4.69, 9.17) is 16.3 Å². The Balaban J connectivity index is 1.65. The molecule has 2 unspecified atom stereocenters. The highest BCUT2D eigenvalue weighted by Crippen LogP contribution is 2.21. The van der Waals surface area contributed by atoms with Gasteiger partial charge in [-0.3, -0.25) is 4.79 Å². The molecule has 0 aromatic heterocycles. The van der Waals surface area contributed by atoms with Crippen LogP contribution in [-0.4, -0.2) is 31.6 Å². The standard InChI is InChI=1S/C17H25ClN2O2/c1-12-10-14(5-6-15(12)18)22-9-3-4-17(21)20-16-7-8-19-11-13(16)2/h5-6,10,13,16,19H,3-4,7-9,11H2,1-2H3,(H,20,21). The van der Waals surface area contributed by atoms with Gasteiger partial charge in [-0.05, 0) is 62.5 Å². The Morgan fingerprint density at radius 3 is 3.05 bits per heavy atom.